The molecule has 0 saturated carbocycles. The number of thioether (sulfide) groups is 1. The van der Waals surface area contributed by atoms with Gasteiger partial charge in [0.25, 0.3) is 0 Å². The molecule has 0 radical (unpaired) electrons. The third kappa shape index (κ3) is 5.08. The predicted molar refractivity (Wildman–Crippen MR) is 132 cm³/mol. The Balaban J connectivity index is 1.39. The summed E-state index contributed by atoms with van der Waals surface area (Å²) in [5, 5.41) is 12.2. The van der Waals surface area contributed by atoms with Gasteiger partial charge >= 0.3 is 0 Å². The lowest BCUT2D eigenvalue weighted by molar-refractivity contribution is -0.117. The van der Waals surface area contributed by atoms with Gasteiger partial charge in [-0.2, -0.15) is 0 Å². The van der Waals surface area contributed by atoms with Gasteiger partial charge in [0.15, 0.2) is 11.0 Å². The molecule has 35 heavy (non-hydrogen) atoms. The third-order valence-corrected chi connectivity index (χ3v) is 7.13. The Morgan fingerprint density at radius 1 is 1.20 bits per heavy atom. The number of carbonyl (C=O) groups is 2. The van der Waals surface area contributed by atoms with E-state index in [-0.39, 0.29) is 42.0 Å². The lowest BCUT2D eigenvalue weighted by Gasteiger charge is -2.27. The van der Waals surface area contributed by atoms with E-state index < -0.39 is 0 Å². The highest BCUT2D eigenvalue weighted by Gasteiger charge is 2.30. The molecule has 182 valence electrons. The molecule has 2 aliphatic heterocycles. The van der Waals surface area contributed by atoms with Crippen LogP contribution in [0.3, 0.4) is 0 Å². The normalized spacial score (nSPS) is 19.8. The summed E-state index contributed by atoms with van der Waals surface area (Å²) in [4.78, 5) is 27.4. The number of fused-ring (bicyclic) bond motifs is 1. The van der Waals surface area contributed by atoms with Crippen LogP contribution in [0.1, 0.15) is 26.2 Å². The van der Waals surface area contributed by atoms with Crippen LogP contribution < -0.4 is 10.2 Å². The molecular weight excluding hydrogens is 469 g/mol. The van der Waals surface area contributed by atoms with Gasteiger partial charge in [-0.15, -0.1) is 10.2 Å². The lowest BCUT2D eigenvalue weighted by Crippen LogP contribution is -2.40. The van der Waals surface area contributed by atoms with Gasteiger partial charge < -0.3 is 15.0 Å². The summed E-state index contributed by atoms with van der Waals surface area (Å²) in [5.74, 6) is 0.173. The van der Waals surface area contributed by atoms with Crippen LogP contribution in [-0.4, -0.2) is 51.1 Å². The first kappa shape index (κ1) is 23.5. The standard InChI is InChI=1S/C25H26FN5O3S/c1-16-13-22(32)27-20-6-2-3-7-21(20)31(16)23(33)15-35-25-29-28-24(17-8-10-18(26)11-9-17)30(25)14-19-5-4-12-34-19/h2-3,6-11,16,19H,4-5,12-15H2,1H3,(H,27,32)/t16-,19+/m0/s1. The van der Waals surface area contributed by atoms with Gasteiger partial charge in [0, 0.05) is 24.6 Å². The average Bonchev–Trinajstić information content (AvgIpc) is 3.47. The highest BCUT2D eigenvalue weighted by Crippen LogP contribution is 2.33. The van der Waals surface area contributed by atoms with Crippen LogP contribution in [0.15, 0.2) is 53.7 Å². The molecule has 3 aromatic rings. The minimum atomic E-state index is -0.320. The Morgan fingerprint density at radius 2 is 2.00 bits per heavy atom. The molecule has 5 rings (SSSR count). The number of para-hydroxylation sites is 2. The van der Waals surface area contributed by atoms with Crippen LogP contribution >= 0.6 is 11.8 Å². The maximum absolute atomic E-state index is 13.5. The van der Waals surface area contributed by atoms with Crippen molar-refractivity contribution in [3.63, 3.8) is 0 Å². The molecular formula is C25H26FN5O3S. The maximum atomic E-state index is 13.5. The molecule has 1 N–H and O–H groups in total. The quantitative estimate of drug-likeness (QED) is 0.518. The van der Waals surface area contributed by atoms with Crippen molar-refractivity contribution in [3.8, 4) is 11.4 Å². The summed E-state index contributed by atoms with van der Waals surface area (Å²) in [7, 11) is 0. The lowest BCUT2D eigenvalue weighted by atomic mass is 10.2. The van der Waals surface area contributed by atoms with Crippen molar-refractivity contribution in [1.29, 1.82) is 0 Å². The summed E-state index contributed by atoms with van der Waals surface area (Å²) in [6.07, 6.45) is 2.19. The summed E-state index contributed by atoms with van der Waals surface area (Å²) < 4.78 is 21.3. The smallest absolute Gasteiger partial charge is 0.237 e. The molecule has 1 aromatic heterocycles. The molecule has 3 heterocycles. The molecule has 8 nitrogen and oxygen atoms in total. The largest absolute Gasteiger partial charge is 0.376 e. The van der Waals surface area contributed by atoms with Gasteiger partial charge in [-0.05, 0) is 56.2 Å². The second-order valence-electron chi connectivity index (χ2n) is 8.73. The number of benzene rings is 2. The fraction of sp³-hybridized carbons (Fsp3) is 0.360. The summed E-state index contributed by atoms with van der Waals surface area (Å²) in [5.41, 5.74) is 2.05. The van der Waals surface area contributed by atoms with Crippen molar-refractivity contribution < 1.29 is 18.7 Å². The van der Waals surface area contributed by atoms with Crippen LogP contribution in [-0.2, 0) is 20.9 Å². The summed E-state index contributed by atoms with van der Waals surface area (Å²) >= 11 is 1.30. The third-order valence-electron chi connectivity index (χ3n) is 6.18. The van der Waals surface area contributed by atoms with Crippen LogP contribution in [0.2, 0.25) is 0 Å². The molecule has 1 fully saturated rings. The first-order chi connectivity index (χ1) is 17.0. The molecule has 2 atom stereocenters. The van der Waals surface area contributed by atoms with E-state index in [4.69, 9.17) is 4.74 Å². The summed E-state index contributed by atoms with van der Waals surface area (Å²) in [6.45, 7) is 3.15. The highest BCUT2D eigenvalue weighted by atomic mass is 32.2. The number of hydrogen-bond acceptors (Lipinski definition) is 6. The van der Waals surface area contributed by atoms with Gasteiger partial charge in [0.1, 0.15) is 5.82 Å². The number of aromatic nitrogens is 3. The van der Waals surface area contributed by atoms with E-state index in [1.165, 1.54) is 23.9 Å². The number of hydrogen-bond donors (Lipinski definition) is 1. The van der Waals surface area contributed by atoms with Gasteiger partial charge in [0.05, 0.1) is 29.8 Å². The molecule has 0 aliphatic carbocycles. The van der Waals surface area contributed by atoms with Crippen molar-refractivity contribution in [3.05, 3.63) is 54.3 Å². The zero-order valence-electron chi connectivity index (χ0n) is 19.3. The fourth-order valence-corrected chi connectivity index (χ4v) is 5.34. The molecule has 0 unspecified atom stereocenters. The monoisotopic (exact) mass is 495 g/mol. The first-order valence-electron chi connectivity index (χ1n) is 11.6. The van der Waals surface area contributed by atoms with E-state index in [1.807, 2.05) is 29.7 Å². The van der Waals surface area contributed by atoms with Crippen molar-refractivity contribution in [1.82, 2.24) is 14.8 Å². The Hall–Kier alpha value is -3.24. The van der Waals surface area contributed by atoms with E-state index in [9.17, 15) is 14.0 Å². The zero-order chi connectivity index (χ0) is 24.4. The predicted octanol–water partition coefficient (Wildman–Crippen LogP) is 4.12. The topological polar surface area (TPSA) is 89.4 Å². The molecule has 0 spiro atoms. The molecule has 10 heteroatoms. The molecule has 1 saturated heterocycles. The number of nitrogens with one attached hydrogen (secondary N) is 1. The second-order valence-corrected chi connectivity index (χ2v) is 9.67. The van der Waals surface area contributed by atoms with E-state index in [0.717, 1.165) is 25.0 Å². The van der Waals surface area contributed by atoms with E-state index in [0.29, 0.717) is 28.9 Å². The number of halogens is 1. The number of amides is 2. The van der Waals surface area contributed by atoms with Crippen molar-refractivity contribution in [2.24, 2.45) is 0 Å². The van der Waals surface area contributed by atoms with Gasteiger partial charge in [-0.3, -0.25) is 14.2 Å². The molecule has 0 bridgehead atoms. The Kier molecular flexibility index (Phi) is 6.83. The van der Waals surface area contributed by atoms with Crippen LogP contribution in [0, 0.1) is 5.82 Å². The Labute approximate surface area is 206 Å². The molecule has 2 aliphatic rings. The number of rotatable bonds is 6. The first-order valence-corrected chi connectivity index (χ1v) is 12.6. The van der Waals surface area contributed by atoms with E-state index in [2.05, 4.69) is 15.5 Å². The summed E-state index contributed by atoms with van der Waals surface area (Å²) in [6, 6.07) is 13.2. The SMILES string of the molecule is C[C@H]1CC(=O)Nc2ccccc2N1C(=O)CSc1nnc(-c2ccc(F)cc2)n1C[C@H]1CCCO1. The number of nitrogens with zero attached hydrogens (tertiary/aromatic N) is 4. The van der Waals surface area contributed by atoms with E-state index in [1.54, 1.807) is 23.1 Å². The number of carbonyl (C=O) groups excluding carboxylic acids is 2. The van der Waals surface area contributed by atoms with Crippen LogP contribution in [0.5, 0.6) is 0 Å². The fourth-order valence-electron chi connectivity index (χ4n) is 4.53. The minimum Gasteiger partial charge on any atom is -0.376 e. The molecule has 2 aromatic carbocycles. The Bertz CT molecular complexity index is 1230. The van der Waals surface area contributed by atoms with Crippen molar-refractivity contribution >= 4 is 35.0 Å². The van der Waals surface area contributed by atoms with Crippen LogP contribution in [0.25, 0.3) is 11.4 Å². The Morgan fingerprint density at radius 3 is 2.77 bits per heavy atom. The molecule has 2 amide bonds. The zero-order valence-corrected chi connectivity index (χ0v) is 20.1. The highest BCUT2D eigenvalue weighted by molar-refractivity contribution is 7.99. The van der Waals surface area contributed by atoms with Gasteiger partial charge in [0.2, 0.25) is 11.8 Å². The van der Waals surface area contributed by atoms with Gasteiger partial charge in [-0.25, -0.2) is 4.39 Å². The maximum Gasteiger partial charge on any atom is 0.237 e. The minimum absolute atomic E-state index is 0.0369. The van der Waals surface area contributed by atoms with E-state index >= 15 is 0 Å². The average molecular weight is 496 g/mol. The van der Waals surface area contributed by atoms with Gasteiger partial charge in [-0.1, -0.05) is 23.9 Å². The van der Waals surface area contributed by atoms with Crippen LogP contribution in [0.4, 0.5) is 15.8 Å². The second kappa shape index (κ2) is 10.2. The number of anilines is 2. The van der Waals surface area contributed by atoms with Crippen molar-refractivity contribution in [2.45, 2.75) is 50.0 Å². The number of ether oxygens (including phenoxy) is 1. The van der Waals surface area contributed by atoms with Crippen molar-refractivity contribution in [2.75, 3.05) is 22.6 Å².